The summed E-state index contributed by atoms with van der Waals surface area (Å²) in [6.07, 6.45) is -0.568. The molecule has 9 aromatic heterocycles. The van der Waals surface area contributed by atoms with E-state index in [1.54, 1.807) is 144 Å². The lowest BCUT2D eigenvalue weighted by Gasteiger charge is -2.14. The van der Waals surface area contributed by atoms with Crippen LogP contribution < -0.4 is 59.8 Å². The highest BCUT2D eigenvalue weighted by Gasteiger charge is 2.37. The van der Waals surface area contributed by atoms with Crippen molar-refractivity contribution < 1.29 is 52.7 Å². The van der Waals surface area contributed by atoms with E-state index in [0.29, 0.717) is 64.0 Å². The van der Waals surface area contributed by atoms with Crippen LogP contribution in [0.1, 0.15) is 49.0 Å². The highest BCUT2D eigenvalue weighted by atomic mass is 32.2. The molecule has 0 unspecified atom stereocenters. The van der Waals surface area contributed by atoms with Gasteiger partial charge in [0.2, 0.25) is 35.7 Å². The van der Waals surface area contributed by atoms with Crippen LogP contribution in [0, 0.1) is 0 Å². The monoisotopic (exact) mass is 1800 g/mol. The van der Waals surface area contributed by atoms with Crippen LogP contribution in [0.4, 0.5) is 79.5 Å². The van der Waals surface area contributed by atoms with Crippen molar-refractivity contribution in [3.63, 3.8) is 0 Å². The molecule has 0 saturated carbocycles. The van der Waals surface area contributed by atoms with Crippen LogP contribution in [0.5, 0.6) is 11.5 Å². The first-order valence-electron chi connectivity index (χ1n) is 39.9. The number of aryl methyl sites for hydroxylation is 3. The topological polar surface area (TPSA) is 456 Å². The minimum Gasteiger partial charge on any atom is -0.497 e. The molecule has 0 spiro atoms. The van der Waals surface area contributed by atoms with Crippen LogP contribution in [-0.4, -0.2) is 125 Å². The summed E-state index contributed by atoms with van der Waals surface area (Å²) in [6.45, 7) is 6.13. The van der Waals surface area contributed by atoms with E-state index in [2.05, 4.69) is 86.8 Å². The molecule has 38 heteroatoms. The van der Waals surface area contributed by atoms with Crippen LogP contribution >= 0.6 is 0 Å². The van der Waals surface area contributed by atoms with Crippen molar-refractivity contribution in [3.05, 3.63) is 290 Å². The number of alkyl halides is 6. The maximum absolute atomic E-state index is 13.0. The molecule has 666 valence electrons. The molecule has 17 aromatic rings. The Morgan fingerprint density at radius 2 is 0.762 bits per heavy atom. The number of nitrogens with two attached hydrogens (primary N) is 6. The van der Waals surface area contributed by atoms with E-state index < -0.39 is 43.5 Å². The number of anilines is 9. The zero-order valence-electron chi connectivity index (χ0n) is 71.2. The van der Waals surface area contributed by atoms with E-state index in [0.717, 1.165) is 114 Å². The number of hydrogen-bond acceptors (Lipinski definition) is 28. The van der Waals surface area contributed by atoms with E-state index in [4.69, 9.17) is 43.9 Å². The average molecular weight is 1800 g/mol. The molecule has 0 aliphatic rings. The van der Waals surface area contributed by atoms with Gasteiger partial charge in [-0.05, 0) is 152 Å². The van der Waals surface area contributed by atoms with Crippen LogP contribution in [0.15, 0.2) is 271 Å². The van der Waals surface area contributed by atoms with Crippen molar-refractivity contribution in [2.24, 2.45) is 0 Å². The molecule has 0 radical (unpaired) electrons. The molecular weight excluding hydrogens is 1720 g/mol. The molecule has 0 bridgehead atoms. The number of pyridine rings is 1. The number of rotatable bonds is 18. The lowest BCUT2D eigenvalue weighted by Crippen LogP contribution is -2.11. The van der Waals surface area contributed by atoms with Gasteiger partial charge in [-0.15, -0.1) is 0 Å². The molecule has 17 rings (SSSR count). The van der Waals surface area contributed by atoms with Gasteiger partial charge < -0.3 is 59.8 Å². The maximum Gasteiger partial charge on any atom is 0.416 e. The summed E-state index contributed by atoms with van der Waals surface area (Å²) in [5, 5.41) is 12.2. The molecule has 0 fully saturated rings. The average Bonchev–Trinajstić information content (AvgIpc) is 1.60. The number of ether oxygens (including phenoxy) is 2. The first kappa shape index (κ1) is 93.2. The quantitative estimate of drug-likeness (QED) is 0.0360. The predicted molar refractivity (Wildman–Crippen MR) is 496 cm³/mol. The van der Waals surface area contributed by atoms with Crippen molar-refractivity contribution in [1.82, 2.24) is 72.7 Å². The molecule has 30 nitrogen and oxygen atoms in total. The predicted octanol–water partition coefficient (Wildman–Crippen LogP) is 17.2. The van der Waals surface area contributed by atoms with Gasteiger partial charge in [-0.2, -0.15) is 41.3 Å². The van der Waals surface area contributed by atoms with Crippen LogP contribution in [-0.2, 0) is 51.7 Å². The van der Waals surface area contributed by atoms with Gasteiger partial charge in [0.25, 0.3) is 20.0 Å². The summed E-state index contributed by atoms with van der Waals surface area (Å²) in [7, 11) is 0.907. The Hall–Kier alpha value is -16.0. The molecule has 15 N–H and O–H groups in total. The highest BCUT2D eigenvalue weighted by Crippen LogP contribution is 2.40. The van der Waals surface area contributed by atoms with Gasteiger partial charge in [0.1, 0.15) is 29.0 Å². The molecule has 0 saturated heterocycles. The molecule has 8 aromatic carbocycles. The number of para-hydroxylation sites is 1. The first-order valence-corrected chi connectivity index (χ1v) is 42.7. The summed E-state index contributed by atoms with van der Waals surface area (Å²) in [6, 6.07) is 66.5. The van der Waals surface area contributed by atoms with Crippen molar-refractivity contribution in [2.45, 2.75) is 62.2 Å². The first-order chi connectivity index (χ1) is 62.2. The Morgan fingerprint density at radius 3 is 1.26 bits per heavy atom. The van der Waals surface area contributed by atoms with Crippen molar-refractivity contribution in [3.8, 4) is 79.0 Å². The summed E-state index contributed by atoms with van der Waals surface area (Å²) in [5.74, 6) is 3.93. The Kier molecular flexibility index (Phi) is 29.4. The lowest BCUT2D eigenvalue weighted by molar-refractivity contribution is -0.143. The number of nitrogens with one attached hydrogen (secondary N) is 3. The Morgan fingerprint density at radius 1 is 0.346 bits per heavy atom. The van der Waals surface area contributed by atoms with Gasteiger partial charge in [-0.1, -0.05) is 112 Å². The van der Waals surface area contributed by atoms with Crippen molar-refractivity contribution >= 4 is 106 Å². The molecule has 0 atom stereocenters. The van der Waals surface area contributed by atoms with Gasteiger partial charge in [0.15, 0.2) is 0 Å². The fraction of sp³-hybridized carbons (Fsp3) is 0.141. The third kappa shape index (κ3) is 22.6. The maximum atomic E-state index is 13.0. The molecular formula is C92H88F6N24O6S2. The van der Waals surface area contributed by atoms with Gasteiger partial charge in [-0.3, -0.25) is 4.98 Å². The standard InChI is InChI=1S/2C19H17N5O2S.C15H14N4.C13H10F6N4.2C13H15N3O/c1-21-18-12-16(22-19(20)23-18)14-8-5-9-17-15(14)10-11-24(17)27(25,26)13-6-3-2-4-7-13;1-21-18-12-16(22-19(20)23-18)13-7-8-17-14(11-13)9-10-24(17)27(25,26)15-5-3-2-4-6-15;1-2-11-7-14(19-15(16)18-11)13-9-17-8-10-5-3-4-6-12(10)13;1-21-10-5-9(22-11(20)23-10)6-2-7(12(14,15)16)4-8(3-6)13(17,18)19;1-3-10-8-12(16-13(14)15-10)9-4-6-11(17-2)7-5-9;1-3-9-8-11(16-13(14)15-9)10-6-4-5-7-12(10)17-2/h2*2-12H,1H3,(H3,20,21,22,23);3-9H,2H2,1H3,(H2,16,18,19);2-5H,1H3,(H3,20,21,22,23);2*4-8H,3H2,1-2H3,(H2,14,15,16). The van der Waals surface area contributed by atoms with Crippen molar-refractivity contribution in [2.75, 3.05) is 85.7 Å². The normalized spacial score (nSPS) is 11.2. The third-order valence-corrected chi connectivity index (χ3v) is 23.0. The number of benzene rings is 8. The second-order valence-corrected chi connectivity index (χ2v) is 31.7. The van der Waals surface area contributed by atoms with Crippen LogP contribution in [0.3, 0.4) is 0 Å². The second-order valence-electron chi connectivity index (χ2n) is 28.1. The number of nitrogen functional groups attached to an aromatic ring is 6. The number of aromatic nitrogens is 15. The van der Waals surface area contributed by atoms with Gasteiger partial charge in [-0.25, -0.2) is 69.6 Å². The summed E-state index contributed by atoms with van der Waals surface area (Å²) in [4.78, 5) is 54.2. The summed E-state index contributed by atoms with van der Waals surface area (Å²) in [5.41, 5.74) is 43.0. The van der Waals surface area contributed by atoms with E-state index in [1.165, 1.54) is 21.1 Å². The highest BCUT2D eigenvalue weighted by molar-refractivity contribution is 7.90. The van der Waals surface area contributed by atoms with E-state index in [1.807, 2.05) is 136 Å². The van der Waals surface area contributed by atoms with Crippen LogP contribution in [0.2, 0.25) is 0 Å². The molecule has 0 aliphatic carbocycles. The number of nitrogens with zero attached hydrogens (tertiary/aromatic N) is 15. The minimum atomic E-state index is -4.93. The van der Waals surface area contributed by atoms with Gasteiger partial charge >= 0.3 is 12.4 Å². The summed E-state index contributed by atoms with van der Waals surface area (Å²) >= 11 is 0. The zero-order valence-corrected chi connectivity index (χ0v) is 72.8. The minimum absolute atomic E-state index is 0.0486. The number of fused-ring (bicyclic) bond motifs is 3. The van der Waals surface area contributed by atoms with Crippen LogP contribution in [0.25, 0.3) is 100 Å². The number of halogens is 6. The van der Waals surface area contributed by atoms with Gasteiger partial charge in [0, 0.05) is 131 Å². The molecule has 0 amide bonds. The third-order valence-electron chi connectivity index (χ3n) is 19.6. The molecule has 9 heterocycles. The largest absolute Gasteiger partial charge is 0.497 e. The van der Waals surface area contributed by atoms with Gasteiger partial charge in [0.05, 0.1) is 80.3 Å². The molecule has 130 heavy (non-hydrogen) atoms. The van der Waals surface area contributed by atoms with E-state index in [9.17, 15) is 43.2 Å². The van der Waals surface area contributed by atoms with E-state index in [-0.39, 0.29) is 50.8 Å². The summed E-state index contributed by atoms with van der Waals surface area (Å²) < 4.78 is 142. The number of methoxy groups -OCH3 is 2. The Bertz CT molecular complexity index is 7070. The smallest absolute Gasteiger partial charge is 0.416 e. The zero-order chi connectivity index (χ0) is 93.2. The second kappa shape index (κ2) is 41.0. The Labute approximate surface area is 743 Å². The Balaban J connectivity index is 0.000000143. The lowest BCUT2D eigenvalue weighted by atomic mass is 10.0. The fourth-order valence-electron chi connectivity index (χ4n) is 13.3. The molecule has 0 aliphatic heterocycles. The SMILES string of the molecule is CCc1cc(-c2ccc(OC)cc2)nc(N)n1.CCc1cc(-c2ccccc2OC)nc(N)n1.CCc1cc(-c2cncc3ccccc23)nc(N)n1.CNc1cc(-c2cc(C(F)(F)F)cc(C(F)(F)F)c2)nc(N)n1.CNc1cc(-c2ccc3c(ccn3S(=O)(=O)c3ccccc3)c2)nc(N)n1.CNc1cc(-c2cccc3c2ccn3S(=O)(=O)c2ccccc2)nc(N)n1. The van der Waals surface area contributed by atoms with E-state index >= 15 is 0 Å². The van der Waals surface area contributed by atoms with Crippen molar-refractivity contribution in [1.29, 1.82) is 0 Å². The number of hydrogen-bond donors (Lipinski definition) is 9. The fourth-order valence-corrected chi connectivity index (χ4v) is 16.0.